The highest BCUT2D eigenvalue weighted by molar-refractivity contribution is 5.70. The van der Waals surface area contributed by atoms with Crippen molar-refractivity contribution >= 4 is 23.0 Å². The minimum absolute atomic E-state index is 0.0478. The average Bonchev–Trinajstić information content (AvgIpc) is 3.11. The van der Waals surface area contributed by atoms with Gasteiger partial charge in [0.1, 0.15) is 17.5 Å². The molecule has 3 rings (SSSR count). The molecule has 0 radical (unpaired) electrons. The number of benzene rings is 1. The van der Waals surface area contributed by atoms with Gasteiger partial charge in [-0.05, 0) is 25.6 Å². The Morgan fingerprint density at radius 2 is 1.94 bits per heavy atom. The average molecular weight is 452 g/mol. The molecule has 7 nitrogen and oxygen atoms in total. The Morgan fingerprint density at radius 3 is 2.59 bits per heavy atom. The molecule has 1 aromatic carbocycles. The molecule has 0 saturated heterocycles. The summed E-state index contributed by atoms with van der Waals surface area (Å²) in [7, 11) is 1.66. The van der Waals surface area contributed by atoms with Gasteiger partial charge in [-0.25, -0.2) is 14.1 Å². The molecular weight excluding hydrogens is 428 g/mol. The van der Waals surface area contributed by atoms with Crippen LogP contribution in [0.5, 0.6) is 0 Å². The number of nitrogens with zero attached hydrogens (tertiary/aromatic N) is 3. The van der Waals surface area contributed by atoms with E-state index in [1.165, 1.54) is 18.2 Å². The Kier molecular flexibility index (Phi) is 7.31. The molecule has 0 saturated carbocycles. The summed E-state index contributed by atoms with van der Waals surface area (Å²) in [4.78, 5) is 3.89. The maximum atomic E-state index is 14.5. The molecule has 0 spiro atoms. The molecular formula is C21H24F4N6O. The SMILES string of the molecule is CCn1nc(CCO)cc1Nc1cc(Nc2c(F)cccc2CNC)c(C(F)(F)F)cn1. The van der Waals surface area contributed by atoms with Crippen LogP contribution >= 0.6 is 0 Å². The number of aryl methyl sites for hydroxylation is 1. The second-order valence-electron chi connectivity index (χ2n) is 6.98. The van der Waals surface area contributed by atoms with Gasteiger partial charge in [0.15, 0.2) is 0 Å². The maximum absolute atomic E-state index is 14.5. The number of hydrogen-bond donors (Lipinski definition) is 4. The van der Waals surface area contributed by atoms with E-state index in [1.807, 2.05) is 6.92 Å². The Hall–Kier alpha value is -3.18. The van der Waals surface area contributed by atoms with Gasteiger partial charge in [0, 0.05) is 44.4 Å². The van der Waals surface area contributed by atoms with Crippen molar-refractivity contribution < 1.29 is 22.7 Å². The van der Waals surface area contributed by atoms with Gasteiger partial charge in [0.2, 0.25) is 0 Å². The van der Waals surface area contributed by atoms with Crippen molar-refractivity contribution in [2.24, 2.45) is 0 Å². The minimum Gasteiger partial charge on any atom is -0.396 e. The monoisotopic (exact) mass is 452 g/mol. The number of pyridine rings is 1. The zero-order valence-electron chi connectivity index (χ0n) is 17.6. The summed E-state index contributed by atoms with van der Waals surface area (Å²) in [5.41, 5.74) is -0.301. The van der Waals surface area contributed by atoms with Crippen molar-refractivity contribution in [1.29, 1.82) is 0 Å². The molecule has 0 fully saturated rings. The number of aliphatic hydroxyl groups is 1. The van der Waals surface area contributed by atoms with E-state index in [1.54, 1.807) is 23.9 Å². The summed E-state index contributed by atoms with van der Waals surface area (Å²) in [5.74, 6) is -0.0389. The van der Waals surface area contributed by atoms with Crippen LogP contribution in [-0.2, 0) is 25.7 Å². The van der Waals surface area contributed by atoms with Crippen LogP contribution in [0.1, 0.15) is 23.7 Å². The number of hydrogen-bond acceptors (Lipinski definition) is 6. The van der Waals surface area contributed by atoms with Crippen LogP contribution in [0.2, 0.25) is 0 Å². The van der Waals surface area contributed by atoms with E-state index in [0.717, 1.165) is 0 Å². The first-order valence-electron chi connectivity index (χ1n) is 9.97. The van der Waals surface area contributed by atoms with Gasteiger partial charge in [-0.1, -0.05) is 12.1 Å². The molecule has 0 atom stereocenters. The standard InChI is InChI=1S/C21H24F4N6O/c1-3-31-19(9-14(30-31)7-8-32)29-18-10-17(15(12-27-18)21(23,24)25)28-20-13(11-26-2)5-4-6-16(20)22/h4-6,9-10,12,26,32H,3,7-8,11H2,1-2H3,(H2,27,28,29). The Bertz CT molecular complexity index is 1070. The first kappa shape index (κ1) is 23.5. The van der Waals surface area contributed by atoms with Gasteiger partial charge in [-0.15, -0.1) is 0 Å². The fourth-order valence-electron chi connectivity index (χ4n) is 3.21. The third kappa shape index (κ3) is 5.35. The van der Waals surface area contributed by atoms with Crippen molar-refractivity contribution in [2.45, 2.75) is 32.6 Å². The predicted octanol–water partition coefficient (Wildman–Crippen LogP) is 4.20. The normalized spacial score (nSPS) is 11.6. The summed E-state index contributed by atoms with van der Waals surface area (Å²) in [6.07, 6.45) is -3.65. The highest BCUT2D eigenvalue weighted by Gasteiger charge is 2.34. The fourth-order valence-corrected chi connectivity index (χ4v) is 3.21. The lowest BCUT2D eigenvalue weighted by atomic mass is 10.1. The highest BCUT2D eigenvalue weighted by atomic mass is 19.4. The third-order valence-electron chi connectivity index (χ3n) is 4.69. The zero-order chi connectivity index (χ0) is 23.3. The second kappa shape index (κ2) is 9.96. The Labute approximate surface area is 182 Å². The van der Waals surface area contributed by atoms with E-state index >= 15 is 0 Å². The lowest BCUT2D eigenvalue weighted by molar-refractivity contribution is -0.137. The van der Waals surface area contributed by atoms with Crippen molar-refractivity contribution in [3.8, 4) is 0 Å². The molecule has 11 heteroatoms. The van der Waals surface area contributed by atoms with E-state index in [9.17, 15) is 17.6 Å². The maximum Gasteiger partial charge on any atom is 0.419 e. The van der Waals surface area contributed by atoms with Gasteiger partial charge in [0.05, 0.1) is 22.6 Å². The first-order valence-corrected chi connectivity index (χ1v) is 9.97. The number of para-hydroxylation sites is 1. The topological polar surface area (TPSA) is 87.0 Å². The van der Waals surface area contributed by atoms with Gasteiger partial charge in [-0.3, -0.25) is 0 Å². The summed E-state index contributed by atoms with van der Waals surface area (Å²) in [5, 5.41) is 21.9. The molecule has 2 heterocycles. The largest absolute Gasteiger partial charge is 0.419 e. The van der Waals surface area contributed by atoms with Crippen LogP contribution in [0.4, 0.5) is 40.6 Å². The third-order valence-corrected chi connectivity index (χ3v) is 4.69. The molecule has 0 aliphatic rings. The van der Waals surface area contributed by atoms with Crippen LogP contribution in [0.3, 0.4) is 0 Å². The van der Waals surface area contributed by atoms with Crippen LogP contribution < -0.4 is 16.0 Å². The Morgan fingerprint density at radius 1 is 1.16 bits per heavy atom. The van der Waals surface area contributed by atoms with E-state index < -0.39 is 17.6 Å². The van der Waals surface area contributed by atoms with Gasteiger partial charge in [0.25, 0.3) is 0 Å². The number of nitrogens with one attached hydrogen (secondary N) is 3. The fraction of sp³-hybridized carbons (Fsp3) is 0.333. The number of aliphatic hydroxyl groups excluding tert-OH is 1. The van der Waals surface area contributed by atoms with Crippen LogP contribution in [0, 0.1) is 5.82 Å². The van der Waals surface area contributed by atoms with Crippen molar-refractivity contribution in [1.82, 2.24) is 20.1 Å². The second-order valence-corrected chi connectivity index (χ2v) is 6.98. The van der Waals surface area contributed by atoms with E-state index in [2.05, 4.69) is 26.0 Å². The summed E-state index contributed by atoms with van der Waals surface area (Å²) in [6, 6.07) is 7.16. The molecule has 0 amide bonds. The summed E-state index contributed by atoms with van der Waals surface area (Å²) in [6.45, 7) is 2.54. The molecule has 0 aliphatic heterocycles. The van der Waals surface area contributed by atoms with Crippen molar-refractivity contribution in [3.05, 3.63) is 59.2 Å². The van der Waals surface area contributed by atoms with Crippen LogP contribution in [-0.4, -0.2) is 33.5 Å². The number of aromatic nitrogens is 3. The number of rotatable bonds is 9. The number of alkyl halides is 3. The van der Waals surface area contributed by atoms with Gasteiger partial charge >= 0.3 is 6.18 Å². The van der Waals surface area contributed by atoms with Crippen molar-refractivity contribution in [3.63, 3.8) is 0 Å². The molecule has 4 N–H and O–H groups in total. The van der Waals surface area contributed by atoms with E-state index in [0.29, 0.717) is 36.2 Å². The number of halogens is 4. The number of anilines is 4. The van der Waals surface area contributed by atoms with Crippen LogP contribution in [0.15, 0.2) is 36.5 Å². The lowest BCUT2D eigenvalue weighted by Crippen LogP contribution is -2.13. The summed E-state index contributed by atoms with van der Waals surface area (Å²) >= 11 is 0. The first-order chi connectivity index (χ1) is 15.3. The molecule has 2 aromatic heterocycles. The van der Waals surface area contributed by atoms with Crippen molar-refractivity contribution in [2.75, 3.05) is 24.3 Å². The van der Waals surface area contributed by atoms with Gasteiger partial charge < -0.3 is 21.1 Å². The Balaban J connectivity index is 2.01. The molecule has 0 bridgehead atoms. The summed E-state index contributed by atoms with van der Waals surface area (Å²) < 4.78 is 56.9. The minimum atomic E-state index is -4.69. The molecule has 32 heavy (non-hydrogen) atoms. The molecule has 0 aliphatic carbocycles. The van der Waals surface area contributed by atoms with Crippen LogP contribution in [0.25, 0.3) is 0 Å². The van der Waals surface area contributed by atoms with E-state index in [4.69, 9.17) is 5.11 Å². The smallest absolute Gasteiger partial charge is 0.396 e. The zero-order valence-corrected chi connectivity index (χ0v) is 17.6. The van der Waals surface area contributed by atoms with Gasteiger partial charge in [-0.2, -0.15) is 18.3 Å². The molecule has 172 valence electrons. The molecule has 0 unspecified atom stereocenters. The highest BCUT2D eigenvalue weighted by Crippen LogP contribution is 2.38. The lowest BCUT2D eigenvalue weighted by Gasteiger charge is -2.18. The van der Waals surface area contributed by atoms with E-state index in [-0.39, 0.29) is 30.3 Å². The predicted molar refractivity (Wildman–Crippen MR) is 114 cm³/mol. The molecule has 3 aromatic rings. The quantitative estimate of drug-likeness (QED) is 0.364.